The molecule has 0 bridgehead atoms. The van der Waals surface area contributed by atoms with E-state index in [1.807, 2.05) is 0 Å². The summed E-state index contributed by atoms with van der Waals surface area (Å²) in [5, 5.41) is 0. The Balaban J connectivity index is 2.73. The highest BCUT2D eigenvalue weighted by molar-refractivity contribution is 5.72. The highest BCUT2D eigenvalue weighted by Gasteiger charge is 2.22. The molecule has 0 N–H and O–H groups in total. The number of aryl methyl sites for hydroxylation is 2. The molecule has 0 aromatic heterocycles. The molecule has 0 atom stereocenters. The van der Waals surface area contributed by atoms with Crippen molar-refractivity contribution in [3.05, 3.63) is 57.6 Å². The zero-order valence-electron chi connectivity index (χ0n) is 18.8. The van der Waals surface area contributed by atoms with Gasteiger partial charge in [-0.2, -0.15) is 0 Å². The molecule has 142 valence electrons. The Kier molecular flexibility index (Phi) is 5.34. The topological polar surface area (TPSA) is 3.24 Å². The Hall–Kier alpha value is -1.76. The summed E-state index contributed by atoms with van der Waals surface area (Å²) in [5.74, 6) is 0. The maximum Gasteiger partial charge on any atom is 0.0472 e. The van der Waals surface area contributed by atoms with Crippen molar-refractivity contribution in [2.24, 2.45) is 0 Å². The first-order valence-electron chi connectivity index (χ1n) is 9.70. The van der Waals surface area contributed by atoms with E-state index in [1.54, 1.807) is 0 Å². The van der Waals surface area contributed by atoms with Crippen molar-refractivity contribution >= 4 is 11.4 Å². The molecule has 0 saturated carbocycles. The molecule has 1 nitrogen and oxygen atoms in total. The lowest BCUT2D eigenvalue weighted by Crippen LogP contribution is -2.20. The van der Waals surface area contributed by atoms with Crippen LogP contribution >= 0.6 is 0 Å². The summed E-state index contributed by atoms with van der Waals surface area (Å²) in [6, 6.07) is 9.42. The van der Waals surface area contributed by atoms with Gasteiger partial charge in [-0.05, 0) is 84.0 Å². The zero-order chi connectivity index (χ0) is 20.0. The van der Waals surface area contributed by atoms with Crippen molar-refractivity contribution in [1.82, 2.24) is 0 Å². The molecule has 0 aliphatic rings. The highest BCUT2D eigenvalue weighted by atomic mass is 15.1. The van der Waals surface area contributed by atoms with Gasteiger partial charge in [0.1, 0.15) is 0 Å². The number of hydrogen-bond donors (Lipinski definition) is 0. The van der Waals surface area contributed by atoms with Crippen LogP contribution in [0.1, 0.15) is 74.9 Å². The van der Waals surface area contributed by atoms with Crippen molar-refractivity contribution in [2.45, 2.75) is 80.1 Å². The van der Waals surface area contributed by atoms with E-state index in [-0.39, 0.29) is 10.8 Å². The van der Waals surface area contributed by atoms with Gasteiger partial charge in [0.25, 0.3) is 0 Å². The Morgan fingerprint density at radius 2 is 1.00 bits per heavy atom. The van der Waals surface area contributed by atoms with Gasteiger partial charge >= 0.3 is 0 Å². The van der Waals surface area contributed by atoms with Gasteiger partial charge in [-0.15, -0.1) is 0 Å². The first kappa shape index (κ1) is 20.6. The number of rotatable bonds is 2. The first-order valence-corrected chi connectivity index (χ1v) is 9.70. The van der Waals surface area contributed by atoms with Gasteiger partial charge in [0.05, 0.1) is 0 Å². The molecule has 2 aromatic carbocycles. The van der Waals surface area contributed by atoms with Crippen LogP contribution in [0.2, 0.25) is 0 Å². The van der Waals surface area contributed by atoms with E-state index in [4.69, 9.17) is 0 Å². The molecule has 0 unspecified atom stereocenters. The summed E-state index contributed by atoms with van der Waals surface area (Å²) in [6.45, 7) is 22.7. The van der Waals surface area contributed by atoms with Crippen LogP contribution in [-0.2, 0) is 10.8 Å². The maximum atomic E-state index is 2.39. The fraction of sp³-hybridized carbons (Fsp3) is 0.520. The fourth-order valence-electron chi connectivity index (χ4n) is 3.50. The average molecular weight is 352 g/mol. The molecule has 0 aliphatic heterocycles. The molecule has 1 heteroatoms. The van der Waals surface area contributed by atoms with E-state index in [9.17, 15) is 0 Å². The lowest BCUT2D eigenvalue weighted by Gasteiger charge is -2.31. The van der Waals surface area contributed by atoms with Crippen molar-refractivity contribution in [2.75, 3.05) is 11.9 Å². The van der Waals surface area contributed by atoms with Gasteiger partial charge in [-0.25, -0.2) is 0 Å². The SMILES string of the molecule is Cc1cc(C)c(C)c(N(C)c2cc(C(C)(C)C)cc(C(C)(C)C)c2)c1C. The maximum absolute atomic E-state index is 2.39. The number of hydrogen-bond acceptors (Lipinski definition) is 1. The second-order valence-corrected chi connectivity index (χ2v) is 9.94. The van der Waals surface area contributed by atoms with Crippen LogP contribution in [0.5, 0.6) is 0 Å². The lowest BCUT2D eigenvalue weighted by molar-refractivity contribution is 0.568. The summed E-state index contributed by atoms with van der Waals surface area (Å²) in [7, 11) is 2.21. The van der Waals surface area contributed by atoms with Gasteiger partial charge < -0.3 is 4.90 Å². The molecule has 0 heterocycles. The molecule has 0 amide bonds. The highest BCUT2D eigenvalue weighted by Crippen LogP contribution is 2.38. The first-order chi connectivity index (χ1) is 11.7. The molecule has 2 aromatic rings. The summed E-state index contributed by atoms with van der Waals surface area (Å²) in [4.78, 5) is 2.38. The third kappa shape index (κ3) is 3.98. The number of benzene rings is 2. The minimum atomic E-state index is 0.128. The minimum Gasteiger partial charge on any atom is -0.344 e. The van der Waals surface area contributed by atoms with Gasteiger partial charge in [0.15, 0.2) is 0 Å². The number of anilines is 2. The monoisotopic (exact) mass is 351 g/mol. The zero-order valence-corrected chi connectivity index (χ0v) is 18.8. The van der Waals surface area contributed by atoms with Crippen LogP contribution in [0.25, 0.3) is 0 Å². The van der Waals surface area contributed by atoms with Crippen LogP contribution in [0.4, 0.5) is 11.4 Å². The van der Waals surface area contributed by atoms with Crippen molar-refractivity contribution in [3.63, 3.8) is 0 Å². The van der Waals surface area contributed by atoms with E-state index in [0.29, 0.717) is 0 Å². The second-order valence-electron chi connectivity index (χ2n) is 9.94. The van der Waals surface area contributed by atoms with Crippen LogP contribution in [0.15, 0.2) is 24.3 Å². The molecule has 2 rings (SSSR count). The van der Waals surface area contributed by atoms with Crippen molar-refractivity contribution < 1.29 is 0 Å². The molecule has 0 saturated heterocycles. The molecular weight excluding hydrogens is 314 g/mol. The minimum absolute atomic E-state index is 0.128. The predicted octanol–water partition coefficient (Wildman–Crippen LogP) is 7.28. The van der Waals surface area contributed by atoms with Crippen LogP contribution in [-0.4, -0.2) is 7.05 Å². The smallest absolute Gasteiger partial charge is 0.0472 e. The Labute approximate surface area is 161 Å². The third-order valence-corrected chi connectivity index (χ3v) is 5.70. The lowest BCUT2D eigenvalue weighted by atomic mass is 9.80. The quantitative estimate of drug-likeness (QED) is 0.549. The molecule has 26 heavy (non-hydrogen) atoms. The predicted molar refractivity (Wildman–Crippen MR) is 117 cm³/mol. The van der Waals surface area contributed by atoms with E-state index >= 15 is 0 Å². The van der Waals surface area contributed by atoms with Crippen LogP contribution in [0.3, 0.4) is 0 Å². The largest absolute Gasteiger partial charge is 0.344 e. The summed E-state index contributed by atoms with van der Waals surface area (Å²) in [6.07, 6.45) is 0. The molecule has 0 aliphatic carbocycles. The van der Waals surface area contributed by atoms with Crippen LogP contribution in [0, 0.1) is 27.7 Å². The normalized spacial score (nSPS) is 12.4. The molecule has 0 fully saturated rings. The van der Waals surface area contributed by atoms with Crippen molar-refractivity contribution in [1.29, 1.82) is 0 Å². The fourth-order valence-corrected chi connectivity index (χ4v) is 3.50. The summed E-state index contributed by atoms with van der Waals surface area (Å²) in [5.41, 5.74) is 11.1. The van der Waals surface area contributed by atoms with E-state index < -0.39 is 0 Å². The summed E-state index contributed by atoms with van der Waals surface area (Å²) < 4.78 is 0. The summed E-state index contributed by atoms with van der Waals surface area (Å²) >= 11 is 0. The Morgan fingerprint density at radius 1 is 0.615 bits per heavy atom. The Morgan fingerprint density at radius 3 is 1.35 bits per heavy atom. The van der Waals surface area contributed by atoms with Gasteiger partial charge in [0.2, 0.25) is 0 Å². The Bertz CT molecular complexity index is 755. The van der Waals surface area contributed by atoms with Gasteiger partial charge in [-0.3, -0.25) is 0 Å². The van der Waals surface area contributed by atoms with E-state index in [0.717, 1.165) is 0 Å². The van der Waals surface area contributed by atoms with Crippen LogP contribution < -0.4 is 4.90 Å². The third-order valence-electron chi connectivity index (χ3n) is 5.70. The van der Waals surface area contributed by atoms with E-state index in [2.05, 4.69) is 105 Å². The second kappa shape index (κ2) is 6.76. The van der Waals surface area contributed by atoms with Gasteiger partial charge in [-0.1, -0.05) is 53.7 Å². The molecular formula is C25H37N. The standard InChI is InChI=1S/C25H37N/c1-16-12-17(2)19(4)23(18(16)3)26(11)22-14-20(24(5,6)7)13-21(15-22)25(8,9)10/h12-15H,1-11H3. The van der Waals surface area contributed by atoms with E-state index in [1.165, 1.54) is 44.8 Å². The number of nitrogens with zero attached hydrogens (tertiary/aromatic N) is 1. The molecule has 0 spiro atoms. The van der Waals surface area contributed by atoms with Crippen molar-refractivity contribution in [3.8, 4) is 0 Å². The molecule has 0 radical (unpaired) electrons. The van der Waals surface area contributed by atoms with Gasteiger partial charge in [0, 0.05) is 18.4 Å². The average Bonchev–Trinajstić information content (AvgIpc) is 2.51.